The molecule has 1 aromatic rings. The van der Waals surface area contributed by atoms with E-state index in [-0.39, 0.29) is 30.7 Å². The van der Waals surface area contributed by atoms with Crippen LogP contribution in [0.2, 0.25) is 5.02 Å². The van der Waals surface area contributed by atoms with E-state index in [1.807, 2.05) is 37.2 Å². The normalized spacial score (nSPS) is 15.7. The van der Waals surface area contributed by atoms with Gasteiger partial charge >= 0.3 is 0 Å². The highest BCUT2D eigenvalue weighted by Gasteiger charge is 2.22. The number of benzene rings is 1. The molecule has 1 fully saturated rings. The Balaban J connectivity index is 0.00000264. The summed E-state index contributed by atoms with van der Waals surface area (Å²) < 4.78 is 0. The highest BCUT2D eigenvalue weighted by Crippen LogP contribution is 2.33. The largest absolute Gasteiger partial charge is 0.375 e. The molecule has 1 atom stereocenters. The molecule has 138 valence electrons. The molecule has 1 heterocycles. The summed E-state index contributed by atoms with van der Waals surface area (Å²) in [5.41, 5.74) is 1.63. The summed E-state index contributed by atoms with van der Waals surface area (Å²) in [4.78, 5) is 14.3. The van der Waals surface area contributed by atoms with Gasteiger partial charge in [0.05, 0.1) is 16.4 Å². The maximum absolute atomic E-state index is 12.4. The first kappa shape index (κ1) is 23.3. The minimum absolute atomic E-state index is 0. The van der Waals surface area contributed by atoms with Crippen LogP contribution in [0.15, 0.2) is 18.2 Å². The van der Waals surface area contributed by atoms with Crippen molar-refractivity contribution in [2.45, 2.75) is 26.2 Å². The lowest BCUT2D eigenvalue weighted by atomic mass is 9.84. The molecule has 0 radical (unpaired) electrons. The minimum atomic E-state index is 0. The van der Waals surface area contributed by atoms with Crippen molar-refractivity contribution in [2.24, 2.45) is 11.8 Å². The van der Waals surface area contributed by atoms with E-state index in [0.29, 0.717) is 23.3 Å². The molecule has 1 aliphatic heterocycles. The van der Waals surface area contributed by atoms with Crippen molar-refractivity contribution in [2.75, 3.05) is 37.4 Å². The van der Waals surface area contributed by atoms with E-state index in [1.165, 1.54) is 0 Å². The third-order valence-corrected chi connectivity index (χ3v) is 4.71. The lowest BCUT2D eigenvalue weighted by Crippen LogP contribution is -2.32. The van der Waals surface area contributed by atoms with Crippen molar-refractivity contribution in [3.8, 4) is 0 Å². The van der Waals surface area contributed by atoms with Gasteiger partial charge in [0.1, 0.15) is 0 Å². The van der Waals surface area contributed by atoms with Gasteiger partial charge < -0.3 is 15.5 Å². The molecule has 24 heavy (non-hydrogen) atoms. The Morgan fingerprint density at radius 3 is 2.54 bits per heavy atom. The number of halogens is 3. The zero-order valence-corrected chi connectivity index (χ0v) is 16.9. The topological polar surface area (TPSA) is 44.4 Å². The van der Waals surface area contributed by atoms with Gasteiger partial charge in [-0.2, -0.15) is 0 Å². The van der Waals surface area contributed by atoms with E-state index in [4.69, 9.17) is 11.6 Å². The van der Waals surface area contributed by atoms with Gasteiger partial charge in [-0.3, -0.25) is 4.79 Å². The average Bonchev–Trinajstić information content (AvgIpc) is 2.47. The van der Waals surface area contributed by atoms with Gasteiger partial charge in [0, 0.05) is 20.5 Å². The van der Waals surface area contributed by atoms with Gasteiger partial charge in [-0.15, -0.1) is 24.8 Å². The van der Waals surface area contributed by atoms with E-state index in [0.717, 1.165) is 37.3 Å². The van der Waals surface area contributed by atoms with Crippen LogP contribution in [0, 0.1) is 11.8 Å². The zero-order chi connectivity index (χ0) is 16.1. The molecular weight excluding hydrogens is 369 g/mol. The molecule has 0 saturated carbocycles. The molecule has 1 amide bonds. The van der Waals surface area contributed by atoms with E-state index in [9.17, 15) is 4.79 Å². The molecule has 4 nitrogen and oxygen atoms in total. The van der Waals surface area contributed by atoms with Crippen LogP contribution < -0.4 is 15.5 Å². The first-order valence-electron chi connectivity index (χ1n) is 7.95. The van der Waals surface area contributed by atoms with Crippen molar-refractivity contribution in [3.05, 3.63) is 23.2 Å². The molecule has 2 rings (SSSR count). The third-order valence-electron chi connectivity index (χ3n) is 4.40. The fourth-order valence-electron chi connectivity index (χ4n) is 3.14. The van der Waals surface area contributed by atoms with Gasteiger partial charge in [-0.1, -0.05) is 24.6 Å². The summed E-state index contributed by atoms with van der Waals surface area (Å²) in [5, 5.41) is 7.04. The molecule has 1 aliphatic rings. The Labute approximate surface area is 162 Å². The highest BCUT2D eigenvalue weighted by atomic mass is 35.5. The standard InChI is InChI=1S/C17H26ClN3O.2ClH/c1-12(13-7-9-19-10-8-13)11-16(22)20-15-6-4-5-14(18)17(15)21(2)3;;/h4-6,12-13,19H,7-11H2,1-3H3,(H,20,22);2*1H. The summed E-state index contributed by atoms with van der Waals surface area (Å²) in [5.74, 6) is 1.11. The number of anilines is 2. The average molecular weight is 397 g/mol. The quantitative estimate of drug-likeness (QED) is 0.783. The highest BCUT2D eigenvalue weighted by molar-refractivity contribution is 6.34. The number of hydrogen-bond acceptors (Lipinski definition) is 3. The molecule has 1 aromatic carbocycles. The summed E-state index contributed by atoms with van der Waals surface area (Å²) in [6.45, 7) is 4.31. The van der Waals surface area contributed by atoms with Gasteiger partial charge in [-0.05, 0) is 49.9 Å². The van der Waals surface area contributed by atoms with Crippen molar-refractivity contribution in [1.29, 1.82) is 0 Å². The molecule has 2 N–H and O–H groups in total. The first-order chi connectivity index (χ1) is 10.5. The SMILES string of the molecule is CC(CC(=O)Nc1cccc(Cl)c1N(C)C)C1CCNCC1.Cl.Cl. The number of para-hydroxylation sites is 1. The van der Waals surface area contributed by atoms with Gasteiger partial charge in [0.2, 0.25) is 5.91 Å². The second kappa shape index (κ2) is 11.0. The molecule has 7 heteroatoms. The van der Waals surface area contributed by atoms with E-state index in [1.54, 1.807) is 0 Å². The zero-order valence-electron chi connectivity index (χ0n) is 14.5. The van der Waals surface area contributed by atoms with Crippen molar-refractivity contribution in [3.63, 3.8) is 0 Å². The fraction of sp³-hybridized carbons (Fsp3) is 0.588. The van der Waals surface area contributed by atoms with Crippen LogP contribution in [0.3, 0.4) is 0 Å². The van der Waals surface area contributed by atoms with Crippen LogP contribution in [-0.4, -0.2) is 33.1 Å². The molecule has 0 aliphatic carbocycles. The van der Waals surface area contributed by atoms with Gasteiger partial charge in [0.25, 0.3) is 0 Å². The molecule has 0 bridgehead atoms. The van der Waals surface area contributed by atoms with Crippen molar-refractivity contribution < 1.29 is 4.79 Å². The van der Waals surface area contributed by atoms with Gasteiger partial charge in [-0.25, -0.2) is 0 Å². The Kier molecular flexibility index (Phi) is 10.7. The van der Waals surface area contributed by atoms with Crippen molar-refractivity contribution >= 4 is 53.7 Å². The number of nitrogens with zero attached hydrogens (tertiary/aromatic N) is 1. The minimum Gasteiger partial charge on any atom is -0.375 e. The second-order valence-electron chi connectivity index (χ2n) is 6.35. The van der Waals surface area contributed by atoms with Crippen LogP contribution in [0.4, 0.5) is 11.4 Å². The summed E-state index contributed by atoms with van der Waals surface area (Å²) in [7, 11) is 3.85. The Bertz CT molecular complexity index is 520. The van der Waals surface area contributed by atoms with Gasteiger partial charge in [0.15, 0.2) is 0 Å². The first-order valence-corrected chi connectivity index (χ1v) is 8.33. The number of amides is 1. The van der Waals surface area contributed by atoms with E-state index >= 15 is 0 Å². The Hall–Kier alpha value is -0.680. The van der Waals surface area contributed by atoms with E-state index < -0.39 is 0 Å². The molecular formula is C17H28Cl3N3O. The lowest BCUT2D eigenvalue weighted by molar-refractivity contribution is -0.117. The molecule has 1 unspecified atom stereocenters. The number of hydrogen-bond donors (Lipinski definition) is 2. The third kappa shape index (κ3) is 6.32. The Morgan fingerprint density at radius 1 is 1.33 bits per heavy atom. The molecule has 0 aromatic heterocycles. The monoisotopic (exact) mass is 395 g/mol. The predicted molar refractivity (Wildman–Crippen MR) is 108 cm³/mol. The number of carbonyl (C=O) groups is 1. The summed E-state index contributed by atoms with van der Waals surface area (Å²) >= 11 is 6.24. The lowest BCUT2D eigenvalue weighted by Gasteiger charge is -2.28. The van der Waals surface area contributed by atoms with Crippen LogP contribution in [-0.2, 0) is 4.79 Å². The smallest absolute Gasteiger partial charge is 0.224 e. The predicted octanol–water partition coefficient (Wildman–Crippen LogP) is 4.21. The second-order valence-corrected chi connectivity index (χ2v) is 6.75. The number of carbonyl (C=O) groups excluding carboxylic acids is 1. The number of piperidine rings is 1. The Morgan fingerprint density at radius 2 is 1.96 bits per heavy atom. The summed E-state index contributed by atoms with van der Waals surface area (Å²) in [6, 6.07) is 5.60. The van der Waals surface area contributed by atoms with E-state index in [2.05, 4.69) is 17.6 Å². The molecule has 0 spiro atoms. The summed E-state index contributed by atoms with van der Waals surface area (Å²) in [6.07, 6.45) is 2.88. The number of nitrogens with one attached hydrogen (secondary N) is 2. The number of rotatable bonds is 5. The maximum atomic E-state index is 12.4. The maximum Gasteiger partial charge on any atom is 0.224 e. The fourth-order valence-corrected chi connectivity index (χ4v) is 3.49. The van der Waals surface area contributed by atoms with Crippen LogP contribution in [0.25, 0.3) is 0 Å². The molecule has 1 saturated heterocycles. The van der Waals surface area contributed by atoms with Crippen LogP contribution >= 0.6 is 36.4 Å². The van der Waals surface area contributed by atoms with Crippen LogP contribution in [0.1, 0.15) is 26.2 Å². The van der Waals surface area contributed by atoms with Crippen LogP contribution in [0.5, 0.6) is 0 Å². The van der Waals surface area contributed by atoms with Crippen molar-refractivity contribution in [1.82, 2.24) is 5.32 Å².